The van der Waals surface area contributed by atoms with E-state index in [9.17, 15) is 0 Å². The van der Waals surface area contributed by atoms with Crippen molar-refractivity contribution in [2.45, 2.75) is 27.2 Å². The van der Waals surface area contributed by atoms with Crippen LogP contribution in [-0.2, 0) is 6.42 Å². The van der Waals surface area contributed by atoms with Gasteiger partial charge < -0.3 is 0 Å². The van der Waals surface area contributed by atoms with Crippen LogP contribution in [0.2, 0.25) is 0 Å². The quantitative estimate of drug-likeness (QED) is 0.659. The minimum atomic E-state index is 1.09. The average Bonchev–Trinajstić information content (AvgIpc) is 2.32. The van der Waals surface area contributed by atoms with E-state index in [0.29, 0.717) is 0 Å². The molecule has 0 aliphatic rings. The number of hydrogen-bond donors (Lipinski definition) is 0. The van der Waals surface area contributed by atoms with Crippen LogP contribution in [0.1, 0.15) is 29.4 Å². The molecule has 1 heterocycles. The van der Waals surface area contributed by atoms with Gasteiger partial charge in [0.05, 0.1) is 10.7 Å². The monoisotopic (exact) mass is 167 g/mol. The molecule has 0 spiro atoms. The Hall–Kier alpha value is -0.630. The first kappa shape index (κ1) is 8.47. The lowest BCUT2D eigenvalue weighted by Crippen LogP contribution is -1.78. The van der Waals surface area contributed by atoms with E-state index in [1.165, 1.54) is 4.88 Å². The molecular weight excluding hydrogens is 154 g/mol. The van der Waals surface area contributed by atoms with Crippen LogP contribution in [0.15, 0.2) is 6.08 Å². The summed E-state index contributed by atoms with van der Waals surface area (Å²) < 4.78 is 0. The fourth-order valence-corrected chi connectivity index (χ4v) is 1.89. The van der Waals surface area contributed by atoms with Gasteiger partial charge in [0.25, 0.3) is 0 Å². The highest BCUT2D eigenvalue weighted by Gasteiger charge is 2.02. The van der Waals surface area contributed by atoms with Gasteiger partial charge in [-0.25, -0.2) is 4.98 Å². The lowest BCUT2D eigenvalue weighted by molar-refractivity contribution is 1.15. The Morgan fingerprint density at radius 3 is 2.82 bits per heavy atom. The highest BCUT2D eigenvalue weighted by molar-refractivity contribution is 7.11. The van der Waals surface area contributed by atoms with Crippen molar-refractivity contribution in [1.82, 2.24) is 4.98 Å². The molecule has 60 valence electrons. The predicted molar refractivity (Wildman–Crippen MR) is 50.9 cm³/mol. The fraction of sp³-hybridized carbons (Fsp3) is 0.444. The summed E-state index contributed by atoms with van der Waals surface area (Å²) in [5.41, 5.74) is 1.15. The molecular formula is C9H13NS. The zero-order valence-electron chi connectivity index (χ0n) is 7.22. The number of rotatable bonds is 2. The SMILES string of the molecule is CC=Cc1nc(C)sc1CC. The van der Waals surface area contributed by atoms with E-state index in [1.54, 1.807) is 11.3 Å². The second kappa shape index (κ2) is 3.67. The molecule has 0 unspecified atom stereocenters. The second-order valence-electron chi connectivity index (χ2n) is 2.39. The van der Waals surface area contributed by atoms with Crippen molar-refractivity contribution in [2.24, 2.45) is 0 Å². The van der Waals surface area contributed by atoms with Crippen molar-refractivity contribution in [2.75, 3.05) is 0 Å². The molecule has 0 fully saturated rings. The molecule has 0 bridgehead atoms. The molecule has 0 radical (unpaired) electrons. The molecule has 2 heteroatoms. The van der Waals surface area contributed by atoms with Crippen LogP contribution < -0.4 is 0 Å². The summed E-state index contributed by atoms with van der Waals surface area (Å²) >= 11 is 1.79. The number of aryl methyl sites for hydroxylation is 2. The van der Waals surface area contributed by atoms with Crippen LogP contribution in [0.25, 0.3) is 6.08 Å². The number of thiazole rings is 1. The summed E-state index contributed by atoms with van der Waals surface area (Å²) in [7, 11) is 0. The van der Waals surface area contributed by atoms with Crippen molar-refractivity contribution in [3.05, 3.63) is 21.7 Å². The molecule has 11 heavy (non-hydrogen) atoms. The van der Waals surface area contributed by atoms with Gasteiger partial charge in [0.1, 0.15) is 0 Å². The molecule has 0 aliphatic carbocycles. The van der Waals surface area contributed by atoms with Crippen LogP contribution in [0.5, 0.6) is 0 Å². The zero-order chi connectivity index (χ0) is 8.27. The van der Waals surface area contributed by atoms with Crippen LogP contribution >= 0.6 is 11.3 Å². The number of hydrogen-bond acceptors (Lipinski definition) is 2. The lowest BCUT2D eigenvalue weighted by atomic mass is 10.3. The Labute approximate surface area is 71.8 Å². The standard InChI is InChI=1S/C9H13NS/c1-4-6-8-9(5-2)11-7(3)10-8/h4,6H,5H2,1-3H3. The van der Waals surface area contributed by atoms with Gasteiger partial charge in [0.2, 0.25) is 0 Å². The molecule has 0 atom stereocenters. The number of nitrogens with zero attached hydrogens (tertiary/aromatic N) is 1. The third kappa shape index (κ3) is 1.90. The van der Waals surface area contributed by atoms with E-state index in [-0.39, 0.29) is 0 Å². The number of aromatic nitrogens is 1. The molecule has 0 aliphatic heterocycles. The van der Waals surface area contributed by atoms with Crippen molar-refractivity contribution in [3.8, 4) is 0 Å². The first-order valence-electron chi connectivity index (χ1n) is 3.87. The van der Waals surface area contributed by atoms with E-state index in [2.05, 4.69) is 24.9 Å². The summed E-state index contributed by atoms with van der Waals surface area (Å²) in [6.07, 6.45) is 5.20. The lowest BCUT2D eigenvalue weighted by Gasteiger charge is -1.88. The molecule has 0 aromatic carbocycles. The molecule has 1 nitrogen and oxygen atoms in total. The van der Waals surface area contributed by atoms with Gasteiger partial charge in [-0.2, -0.15) is 0 Å². The van der Waals surface area contributed by atoms with Crippen molar-refractivity contribution in [3.63, 3.8) is 0 Å². The van der Waals surface area contributed by atoms with Gasteiger partial charge in [-0.05, 0) is 26.3 Å². The van der Waals surface area contributed by atoms with E-state index in [0.717, 1.165) is 17.1 Å². The minimum Gasteiger partial charge on any atom is -0.242 e. The van der Waals surface area contributed by atoms with E-state index < -0.39 is 0 Å². The highest BCUT2D eigenvalue weighted by atomic mass is 32.1. The van der Waals surface area contributed by atoms with Crippen LogP contribution in [0.4, 0.5) is 0 Å². The Morgan fingerprint density at radius 1 is 1.55 bits per heavy atom. The van der Waals surface area contributed by atoms with Crippen LogP contribution in [0, 0.1) is 6.92 Å². The van der Waals surface area contributed by atoms with Crippen LogP contribution in [-0.4, -0.2) is 4.98 Å². The molecule has 0 saturated carbocycles. The smallest absolute Gasteiger partial charge is 0.0904 e. The molecule has 1 aromatic heterocycles. The van der Waals surface area contributed by atoms with E-state index in [4.69, 9.17) is 0 Å². The van der Waals surface area contributed by atoms with Crippen LogP contribution in [0.3, 0.4) is 0 Å². The maximum absolute atomic E-state index is 4.40. The molecule has 1 aromatic rings. The molecule has 0 N–H and O–H groups in total. The molecule has 1 rings (SSSR count). The maximum atomic E-state index is 4.40. The van der Waals surface area contributed by atoms with Gasteiger partial charge in [-0.3, -0.25) is 0 Å². The van der Waals surface area contributed by atoms with Gasteiger partial charge >= 0.3 is 0 Å². The fourth-order valence-electron chi connectivity index (χ4n) is 1.03. The van der Waals surface area contributed by atoms with E-state index >= 15 is 0 Å². The summed E-state index contributed by atoms with van der Waals surface area (Å²) in [6.45, 7) is 6.24. The maximum Gasteiger partial charge on any atom is 0.0904 e. The second-order valence-corrected chi connectivity index (χ2v) is 3.68. The summed E-state index contributed by atoms with van der Waals surface area (Å²) in [5, 5.41) is 1.16. The first-order chi connectivity index (χ1) is 5.27. The third-order valence-corrected chi connectivity index (χ3v) is 2.61. The van der Waals surface area contributed by atoms with Gasteiger partial charge in [0, 0.05) is 4.88 Å². The van der Waals surface area contributed by atoms with Gasteiger partial charge in [-0.15, -0.1) is 11.3 Å². The largest absolute Gasteiger partial charge is 0.242 e. The normalized spacial score (nSPS) is 11.2. The summed E-state index contributed by atoms with van der Waals surface area (Å²) in [4.78, 5) is 5.79. The molecule has 0 saturated heterocycles. The van der Waals surface area contributed by atoms with Gasteiger partial charge in [-0.1, -0.05) is 13.0 Å². The Balaban J connectivity index is 3.01. The number of allylic oxidation sites excluding steroid dienone is 1. The summed E-state index contributed by atoms with van der Waals surface area (Å²) in [6, 6.07) is 0. The predicted octanol–water partition coefficient (Wildman–Crippen LogP) is 3.05. The zero-order valence-corrected chi connectivity index (χ0v) is 8.03. The van der Waals surface area contributed by atoms with Crippen molar-refractivity contribution in [1.29, 1.82) is 0 Å². The minimum absolute atomic E-state index is 1.09. The third-order valence-electron chi connectivity index (χ3n) is 1.48. The first-order valence-corrected chi connectivity index (χ1v) is 4.68. The van der Waals surface area contributed by atoms with Crippen molar-refractivity contribution < 1.29 is 0 Å². The Morgan fingerprint density at radius 2 is 2.27 bits per heavy atom. The highest BCUT2D eigenvalue weighted by Crippen LogP contribution is 2.19. The summed E-state index contributed by atoms with van der Waals surface area (Å²) in [5.74, 6) is 0. The Kier molecular flexibility index (Phi) is 2.83. The molecule has 0 amide bonds. The van der Waals surface area contributed by atoms with Gasteiger partial charge in [0.15, 0.2) is 0 Å². The van der Waals surface area contributed by atoms with Crippen molar-refractivity contribution >= 4 is 17.4 Å². The topological polar surface area (TPSA) is 12.9 Å². The van der Waals surface area contributed by atoms with E-state index in [1.807, 2.05) is 13.0 Å². The average molecular weight is 167 g/mol. The Bertz CT molecular complexity index is 261.